The summed E-state index contributed by atoms with van der Waals surface area (Å²) in [6, 6.07) is 1.98. The molecule has 2 rings (SSSR count). The largest absolute Gasteiger partial charge is 0.287 e. The average Bonchev–Trinajstić information content (AvgIpc) is 2.53. The zero-order valence-corrected chi connectivity index (χ0v) is 10.5. The molecular weight excluding hydrogens is 254 g/mol. The van der Waals surface area contributed by atoms with Crippen LogP contribution in [0.5, 0.6) is 0 Å². The van der Waals surface area contributed by atoms with Crippen LogP contribution in [0, 0.1) is 20.8 Å². The molecule has 3 nitrogen and oxygen atoms in total. The third-order valence-electron chi connectivity index (χ3n) is 2.54. The van der Waals surface area contributed by atoms with Gasteiger partial charge in [-0.05, 0) is 48.3 Å². The van der Waals surface area contributed by atoms with Gasteiger partial charge in [-0.3, -0.25) is 4.57 Å². The fourth-order valence-corrected chi connectivity index (χ4v) is 1.83. The van der Waals surface area contributed by atoms with Crippen LogP contribution in [0.3, 0.4) is 0 Å². The smallest absolute Gasteiger partial charge is 0.152 e. The van der Waals surface area contributed by atoms with Crippen molar-refractivity contribution in [2.45, 2.75) is 20.8 Å². The first-order valence-corrected chi connectivity index (χ1v) is 5.52. The number of nitrogens with zero attached hydrogens (tertiary/aromatic N) is 3. The van der Waals surface area contributed by atoms with Crippen molar-refractivity contribution in [1.82, 2.24) is 14.5 Å². The lowest BCUT2D eigenvalue weighted by Crippen LogP contribution is -2.00. The van der Waals surface area contributed by atoms with E-state index in [1.807, 2.05) is 37.6 Å². The molecule has 0 bridgehead atoms. The lowest BCUT2D eigenvalue weighted by Gasteiger charge is -2.08. The first kappa shape index (κ1) is 10.4. The van der Waals surface area contributed by atoms with Crippen LogP contribution in [-0.2, 0) is 0 Å². The minimum atomic E-state index is 0.896. The van der Waals surface area contributed by atoms with E-state index in [1.54, 1.807) is 6.33 Å². The number of rotatable bonds is 1. The Bertz CT molecular complexity index is 503. The molecule has 0 N–H and O–H groups in total. The van der Waals surface area contributed by atoms with Crippen LogP contribution in [0.4, 0.5) is 0 Å². The first-order valence-electron chi connectivity index (χ1n) is 4.73. The molecule has 0 saturated heterocycles. The number of imidazole rings is 1. The van der Waals surface area contributed by atoms with Crippen LogP contribution >= 0.6 is 15.9 Å². The van der Waals surface area contributed by atoms with Crippen molar-refractivity contribution in [3.8, 4) is 5.82 Å². The predicted molar refractivity (Wildman–Crippen MR) is 63.3 cm³/mol. The van der Waals surface area contributed by atoms with Crippen molar-refractivity contribution < 1.29 is 0 Å². The molecule has 0 aliphatic rings. The van der Waals surface area contributed by atoms with E-state index >= 15 is 0 Å². The summed E-state index contributed by atoms with van der Waals surface area (Å²) in [7, 11) is 0. The molecular formula is C11H12BrN3. The third kappa shape index (κ3) is 1.69. The fraction of sp³-hybridized carbons (Fsp3) is 0.273. The average molecular weight is 266 g/mol. The maximum atomic E-state index is 4.36. The van der Waals surface area contributed by atoms with E-state index < -0.39 is 0 Å². The van der Waals surface area contributed by atoms with Crippen molar-refractivity contribution in [2.75, 3.05) is 0 Å². The van der Waals surface area contributed by atoms with Gasteiger partial charge in [0, 0.05) is 11.9 Å². The number of hydrogen-bond acceptors (Lipinski definition) is 2. The van der Waals surface area contributed by atoms with E-state index in [1.165, 1.54) is 5.56 Å². The van der Waals surface area contributed by atoms with E-state index in [0.717, 1.165) is 21.7 Å². The lowest BCUT2D eigenvalue weighted by molar-refractivity contribution is 0.938. The number of halogens is 1. The van der Waals surface area contributed by atoms with E-state index in [4.69, 9.17) is 0 Å². The molecule has 0 aliphatic heterocycles. The minimum Gasteiger partial charge on any atom is -0.287 e. The van der Waals surface area contributed by atoms with Gasteiger partial charge in [0.1, 0.15) is 6.33 Å². The van der Waals surface area contributed by atoms with Crippen molar-refractivity contribution in [3.63, 3.8) is 0 Å². The molecule has 0 aromatic carbocycles. The zero-order valence-electron chi connectivity index (χ0n) is 8.95. The Balaban J connectivity index is 2.64. The van der Waals surface area contributed by atoms with Gasteiger partial charge in [0.15, 0.2) is 5.82 Å². The number of aromatic nitrogens is 3. The Morgan fingerprint density at radius 1 is 1.20 bits per heavy atom. The minimum absolute atomic E-state index is 0.896. The molecule has 0 spiro atoms. The highest BCUT2D eigenvalue weighted by atomic mass is 79.9. The van der Waals surface area contributed by atoms with Gasteiger partial charge in [-0.2, -0.15) is 0 Å². The Labute approximate surface area is 97.3 Å². The monoisotopic (exact) mass is 265 g/mol. The van der Waals surface area contributed by atoms with Gasteiger partial charge in [0.05, 0.1) is 10.2 Å². The highest BCUT2D eigenvalue weighted by molar-refractivity contribution is 9.10. The second kappa shape index (κ2) is 3.77. The van der Waals surface area contributed by atoms with Gasteiger partial charge in [-0.15, -0.1) is 0 Å². The standard InChI is InChI=1S/C11H12BrN3/c1-7-4-5-13-11(10(7)12)15-6-14-8(2)9(15)3/h4-6H,1-3H3. The predicted octanol–water partition coefficient (Wildman–Crippen LogP) is 2.96. The molecule has 4 heteroatoms. The van der Waals surface area contributed by atoms with Crippen molar-refractivity contribution in [2.24, 2.45) is 0 Å². The SMILES string of the molecule is Cc1ccnc(-n2cnc(C)c2C)c1Br. The van der Waals surface area contributed by atoms with Gasteiger partial charge in [-0.1, -0.05) is 0 Å². The molecule has 0 unspecified atom stereocenters. The summed E-state index contributed by atoms with van der Waals surface area (Å²) < 4.78 is 3.01. The van der Waals surface area contributed by atoms with Gasteiger partial charge in [0.2, 0.25) is 0 Å². The fourth-order valence-electron chi connectivity index (χ4n) is 1.41. The Morgan fingerprint density at radius 3 is 2.53 bits per heavy atom. The molecule has 0 radical (unpaired) electrons. The molecule has 15 heavy (non-hydrogen) atoms. The quantitative estimate of drug-likeness (QED) is 0.794. The van der Waals surface area contributed by atoms with Gasteiger partial charge in [0.25, 0.3) is 0 Å². The summed E-state index contributed by atoms with van der Waals surface area (Å²) in [5.74, 6) is 0.896. The summed E-state index contributed by atoms with van der Waals surface area (Å²) in [4.78, 5) is 8.63. The molecule has 2 heterocycles. The summed E-state index contributed by atoms with van der Waals surface area (Å²) in [6.45, 7) is 6.09. The van der Waals surface area contributed by atoms with Crippen molar-refractivity contribution >= 4 is 15.9 Å². The van der Waals surface area contributed by atoms with Crippen LogP contribution in [0.25, 0.3) is 5.82 Å². The van der Waals surface area contributed by atoms with Gasteiger partial charge >= 0.3 is 0 Å². The molecule has 78 valence electrons. The Kier molecular flexibility index (Phi) is 2.61. The van der Waals surface area contributed by atoms with Crippen molar-refractivity contribution in [1.29, 1.82) is 0 Å². The van der Waals surface area contributed by atoms with Crippen molar-refractivity contribution in [3.05, 3.63) is 40.0 Å². The first-order chi connectivity index (χ1) is 7.11. The number of hydrogen-bond donors (Lipinski definition) is 0. The maximum absolute atomic E-state index is 4.36. The van der Waals surface area contributed by atoms with Crippen LogP contribution < -0.4 is 0 Å². The van der Waals surface area contributed by atoms with Crippen LogP contribution in [0.1, 0.15) is 17.0 Å². The summed E-state index contributed by atoms with van der Waals surface area (Å²) in [5, 5.41) is 0. The number of aryl methyl sites for hydroxylation is 2. The summed E-state index contributed by atoms with van der Waals surface area (Å²) in [6.07, 6.45) is 3.61. The number of pyridine rings is 1. The van der Waals surface area contributed by atoms with Crippen LogP contribution in [-0.4, -0.2) is 14.5 Å². The van der Waals surface area contributed by atoms with Gasteiger partial charge < -0.3 is 0 Å². The van der Waals surface area contributed by atoms with E-state index in [9.17, 15) is 0 Å². The molecule has 0 saturated carbocycles. The molecule has 2 aromatic heterocycles. The zero-order chi connectivity index (χ0) is 11.0. The molecule has 0 aliphatic carbocycles. The maximum Gasteiger partial charge on any atom is 0.152 e. The molecule has 2 aromatic rings. The topological polar surface area (TPSA) is 30.7 Å². The van der Waals surface area contributed by atoms with E-state index in [2.05, 4.69) is 25.9 Å². The lowest BCUT2D eigenvalue weighted by atomic mass is 10.3. The second-order valence-corrected chi connectivity index (χ2v) is 4.34. The molecule has 0 fully saturated rings. The normalized spacial score (nSPS) is 10.7. The van der Waals surface area contributed by atoms with Gasteiger partial charge in [-0.25, -0.2) is 9.97 Å². The Hall–Kier alpha value is -1.16. The van der Waals surface area contributed by atoms with Crippen LogP contribution in [0.15, 0.2) is 23.1 Å². The van der Waals surface area contributed by atoms with E-state index in [0.29, 0.717) is 0 Å². The highest BCUT2D eigenvalue weighted by Gasteiger charge is 2.09. The molecule has 0 atom stereocenters. The Morgan fingerprint density at radius 2 is 1.93 bits per heavy atom. The van der Waals surface area contributed by atoms with E-state index in [-0.39, 0.29) is 0 Å². The third-order valence-corrected chi connectivity index (χ3v) is 3.52. The highest BCUT2D eigenvalue weighted by Crippen LogP contribution is 2.23. The molecule has 0 amide bonds. The van der Waals surface area contributed by atoms with Crippen LogP contribution in [0.2, 0.25) is 0 Å². The second-order valence-electron chi connectivity index (χ2n) is 3.55. The summed E-state index contributed by atoms with van der Waals surface area (Å²) in [5.41, 5.74) is 3.32. The summed E-state index contributed by atoms with van der Waals surface area (Å²) >= 11 is 3.55.